The zero-order valence-electron chi connectivity index (χ0n) is 14.2. The first-order valence-corrected chi connectivity index (χ1v) is 8.94. The number of amides is 1. The highest BCUT2D eigenvalue weighted by molar-refractivity contribution is 7.23. The van der Waals surface area contributed by atoms with Gasteiger partial charge in [-0.2, -0.15) is 5.26 Å². The molecule has 2 aromatic heterocycles. The Morgan fingerprint density at radius 3 is 2.74 bits per heavy atom. The van der Waals surface area contributed by atoms with Crippen LogP contribution in [0.2, 0.25) is 0 Å². The molecule has 3 heterocycles. The van der Waals surface area contributed by atoms with Crippen LogP contribution in [0.25, 0.3) is 10.2 Å². The number of nitriles is 1. The molecule has 9 heteroatoms. The largest absolute Gasteiger partial charge is 0.317 e. The second-order valence-corrected chi connectivity index (χ2v) is 7.37. The van der Waals surface area contributed by atoms with Crippen LogP contribution < -0.4 is 16.0 Å². The fraction of sp³-hybridized carbons (Fsp3) is 0.167. The Hall–Kier alpha value is -3.51. The smallest absolute Gasteiger partial charge is 0.289 e. The zero-order valence-corrected chi connectivity index (χ0v) is 15.0. The Balaban J connectivity index is 1.94. The number of rotatable bonds is 2. The van der Waals surface area contributed by atoms with E-state index in [9.17, 15) is 20.2 Å². The fourth-order valence-electron chi connectivity index (χ4n) is 3.49. The number of hydrogen-bond acceptors (Lipinski definition) is 6. The van der Waals surface area contributed by atoms with Crippen LogP contribution in [0.5, 0.6) is 0 Å². The number of carbonyl (C=O) groups is 1. The molecule has 1 aliphatic rings. The highest BCUT2D eigenvalue weighted by Crippen LogP contribution is 2.46. The lowest BCUT2D eigenvalue weighted by atomic mass is 9.86. The van der Waals surface area contributed by atoms with Crippen molar-refractivity contribution in [1.29, 1.82) is 5.26 Å². The zero-order chi connectivity index (χ0) is 19.3. The number of carbonyl (C=O) groups excluding carboxylic acids is 1. The lowest BCUT2D eigenvalue weighted by Crippen LogP contribution is -2.24. The van der Waals surface area contributed by atoms with Crippen LogP contribution in [0.15, 0.2) is 24.3 Å². The van der Waals surface area contributed by atoms with Gasteiger partial charge in [0.05, 0.1) is 9.62 Å². The van der Waals surface area contributed by atoms with Crippen LogP contribution in [0.4, 0.5) is 16.5 Å². The summed E-state index contributed by atoms with van der Waals surface area (Å²) in [5, 5.41) is 23.8. The number of nitrogens with zero attached hydrogens (tertiary/aromatic N) is 2. The molecule has 134 valence electrons. The molecule has 1 aliphatic heterocycles. The number of H-pyrrole nitrogens is 1. The van der Waals surface area contributed by atoms with Crippen LogP contribution in [0, 0.1) is 28.4 Å². The summed E-state index contributed by atoms with van der Waals surface area (Å²) >= 11 is 1.40. The van der Waals surface area contributed by atoms with Crippen LogP contribution in [-0.2, 0) is 4.79 Å². The number of aromatic amines is 1. The number of aromatic nitrogens is 1. The third-order valence-electron chi connectivity index (χ3n) is 4.80. The number of nitro groups is 1. The van der Waals surface area contributed by atoms with Crippen molar-refractivity contribution in [2.24, 2.45) is 0 Å². The van der Waals surface area contributed by atoms with E-state index in [1.165, 1.54) is 23.5 Å². The maximum atomic E-state index is 12.2. The predicted octanol–water partition coefficient (Wildman–Crippen LogP) is 2.86. The molecule has 8 nitrogen and oxygen atoms in total. The maximum absolute atomic E-state index is 12.2. The van der Waals surface area contributed by atoms with Crippen molar-refractivity contribution in [2.45, 2.75) is 19.3 Å². The Bertz CT molecular complexity index is 1160. The molecule has 0 spiro atoms. The second-order valence-electron chi connectivity index (χ2n) is 6.35. The van der Waals surface area contributed by atoms with E-state index in [0.29, 0.717) is 10.6 Å². The number of nitrogens with two attached hydrogens (primary N) is 1. The van der Waals surface area contributed by atoms with Gasteiger partial charge >= 0.3 is 0 Å². The summed E-state index contributed by atoms with van der Waals surface area (Å²) in [6, 6.07) is 8.33. The topological polar surface area (TPSA) is 136 Å². The molecule has 4 N–H and O–H groups in total. The van der Waals surface area contributed by atoms with E-state index in [2.05, 4.69) is 16.4 Å². The van der Waals surface area contributed by atoms with Crippen LogP contribution in [0.1, 0.15) is 34.6 Å². The van der Waals surface area contributed by atoms with Gasteiger partial charge in [-0.3, -0.25) is 20.6 Å². The van der Waals surface area contributed by atoms with Crippen molar-refractivity contribution in [3.63, 3.8) is 0 Å². The van der Waals surface area contributed by atoms with E-state index in [-0.39, 0.29) is 29.8 Å². The molecule has 0 aliphatic carbocycles. The molecule has 0 radical (unpaired) electrons. The number of anilines is 2. The van der Waals surface area contributed by atoms with Crippen LogP contribution in [-0.4, -0.2) is 10.8 Å². The summed E-state index contributed by atoms with van der Waals surface area (Å²) < 4.78 is 0.861. The predicted molar refractivity (Wildman–Crippen MR) is 100 cm³/mol. The molecular formula is C18H14N5O3S+. The van der Waals surface area contributed by atoms with E-state index < -0.39 is 4.92 Å². The molecule has 0 fully saturated rings. The monoisotopic (exact) mass is 380 g/mol. The van der Waals surface area contributed by atoms with Gasteiger partial charge in [-0.25, -0.2) is 4.98 Å². The molecule has 0 bridgehead atoms. The van der Waals surface area contributed by atoms with Gasteiger partial charge in [0.1, 0.15) is 22.2 Å². The molecule has 0 saturated heterocycles. The van der Waals surface area contributed by atoms with Crippen molar-refractivity contribution < 1.29 is 14.7 Å². The van der Waals surface area contributed by atoms with Crippen molar-refractivity contribution in [1.82, 2.24) is 0 Å². The number of hydrogen-bond donors (Lipinski definition) is 2. The lowest BCUT2D eigenvalue weighted by molar-refractivity contribution is -0.384. The van der Waals surface area contributed by atoms with Gasteiger partial charge in [-0.1, -0.05) is 12.1 Å². The third kappa shape index (κ3) is 2.58. The summed E-state index contributed by atoms with van der Waals surface area (Å²) in [5.41, 5.74) is 9.66. The average molecular weight is 380 g/mol. The van der Waals surface area contributed by atoms with Crippen molar-refractivity contribution in [3.05, 3.63) is 56.6 Å². The molecule has 1 amide bonds. The van der Waals surface area contributed by atoms with Gasteiger partial charge < -0.3 is 5.32 Å². The van der Waals surface area contributed by atoms with Crippen molar-refractivity contribution >= 4 is 44.0 Å². The number of aryl methyl sites for hydroxylation is 1. The quantitative estimate of drug-likeness (QED) is 0.520. The first-order valence-electron chi connectivity index (χ1n) is 8.12. The fourth-order valence-corrected chi connectivity index (χ4v) is 4.73. The van der Waals surface area contributed by atoms with Crippen LogP contribution >= 0.6 is 11.3 Å². The van der Waals surface area contributed by atoms with E-state index in [1.807, 2.05) is 6.92 Å². The molecule has 0 unspecified atom stereocenters. The van der Waals surface area contributed by atoms with Gasteiger partial charge in [0, 0.05) is 30.0 Å². The maximum Gasteiger partial charge on any atom is 0.289 e. The normalized spacial score (nSPS) is 15.9. The highest BCUT2D eigenvalue weighted by atomic mass is 32.1. The number of pyridine rings is 1. The van der Waals surface area contributed by atoms with Crippen LogP contribution in [0.3, 0.4) is 0 Å². The molecule has 4 rings (SSSR count). The van der Waals surface area contributed by atoms with E-state index >= 15 is 0 Å². The Morgan fingerprint density at radius 2 is 2.11 bits per heavy atom. The number of fused-ring (bicyclic) bond motifs is 3. The molecule has 0 saturated carbocycles. The molecule has 27 heavy (non-hydrogen) atoms. The molecule has 1 atom stereocenters. The standard InChI is InChI=1S/C18H13N5O3S/c1-8-12(7-19)17(20)22-15-14-11(6-13(24)21-18(14)27-16(8)15)9-2-4-10(5-3-9)23(25)26/h2-5,11H,6H2,1H3,(H2,20,22)(H,21,24)/p+1/t11-/m0/s1. The number of nitrogen functional groups attached to an aromatic ring is 1. The summed E-state index contributed by atoms with van der Waals surface area (Å²) in [6.45, 7) is 1.83. The van der Waals surface area contributed by atoms with E-state index in [4.69, 9.17) is 5.73 Å². The number of non-ortho nitro benzene ring substituents is 1. The van der Waals surface area contributed by atoms with E-state index in [1.54, 1.807) is 12.1 Å². The average Bonchev–Trinajstić information content (AvgIpc) is 3.00. The van der Waals surface area contributed by atoms with Crippen molar-refractivity contribution in [3.8, 4) is 6.07 Å². The summed E-state index contributed by atoms with van der Waals surface area (Å²) in [5.74, 6) is -0.0997. The molecule has 1 aromatic carbocycles. The number of nitrogens with one attached hydrogen (secondary N) is 2. The minimum absolute atomic E-state index is 0.000255. The van der Waals surface area contributed by atoms with Gasteiger partial charge in [-0.15, -0.1) is 11.3 Å². The Kier molecular flexibility index (Phi) is 3.78. The van der Waals surface area contributed by atoms with Gasteiger partial charge in [-0.05, 0) is 18.1 Å². The number of benzene rings is 1. The van der Waals surface area contributed by atoms with Crippen molar-refractivity contribution in [2.75, 3.05) is 11.1 Å². The first-order chi connectivity index (χ1) is 12.9. The summed E-state index contributed by atoms with van der Waals surface area (Å²) in [7, 11) is 0. The van der Waals surface area contributed by atoms with Gasteiger partial charge in [0.25, 0.3) is 11.5 Å². The van der Waals surface area contributed by atoms with E-state index in [0.717, 1.165) is 26.9 Å². The highest BCUT2D eigenvalue weighted by Gasteiger charge is 2.33. The molecule has 3 aromatic rings. The minimum atomic E-state index is -0.454. The first kappa shape index (κ1) is 16.9. The second kappa shape index (κ2) is 6.03. The number of thiophene rings is 1. The number of nitro benzene ring substituents is 1. The van der Waals surface area contributed by atoms with Gasteiger partial charge in [0.15, 0.2) is 0 Å². The summed E-state index contributed by atoms with van der Waals surface area (Å²) in [4.78, 5) is 25.8. The Labute approximate surface area is 157 Å². The SMILES string of the molecule is Cc1c(C#N)c(N)[nH+]c2c3c(sc12)NC(=O)C[C@H]3c1ccc([N+](=O)[O-])cc1. The summed E-state index contributed by atoms with van der Waals surface area (Å²) in [6.07, 6.45) is 0.226. The van der Waals surface area contributed by atoms with Gasteiger partial charge in [0.2, 0.25) is 5.91 Å². The minimum Gasteiger partial charge on any atom is -0.317 e. The molecular weight excluding hydrogens is 366 g/mol. The third-order valence-corrected chi connectivity index (χ3v) is 6.04. The Morgan fingerprint density at radius 1 is 1.41 bits per heavy atom. The lowest BCUT2D eigenvalue weighted by Gasteiger charge is -2.22.